The Labute approximate surface area is 224 Å². The second-order valence-electron chi connectivity index (χ2n) is 10.8. The van der Waals surface area contributed by atoms with E-state index < -0.39 is 17.2 Å². The van der Waals surface area contributed by atoms with Crippen molar-refractivity contribution in [3.63, 3.8) is 0 Å². The largest absolute Gasteiger partial charge is 0.433 e. The first-order valence-corrected chi connectivity index (χ1v) is 13.0. The highest BCUT2D eigenvalue weighted by Gasteiger charge is 2.34. The highest BCUT2D eigenvalue weighted by molar-refractivity contribution is 5.93. The summed E-state index contributed by atoms with van der Waals surface area (Å²) in [5.74, 6) is -0.484. The fraction of sp³-hybridized carbons (Fsp3) is 0.300. The summed E-state index contributed by atoms with van der Waals surface area (Å²) < 4.78 is 39.3. The normalized spacial score (nSPS) is 13.9. The summed E-state index contributed by atoms with van der Waals surface area (Å²) >= 11 is 0. The number of oxazole rings is 1. The molecule has 39 heavy (non-hydrogen) atoms. The molecule has 1 fully saturated rings. The minimum atomic E-state index is -0.902. The standard InChI is InChI=1S/C30H29F2N5O2/c1-30(2,38)15-33-14-17-11-22(31)27-23(12-17)35-29(39-27)25-24(28-36-34-16-37(28)3)20(18-7-5-4-6-8-18)13-21(26(25)32)19-9-10-19/h4-8,11-13,16,19,33,38H,9-10,14-15H2,1-3H3. The first-order chi connectivity index (χ1) is 18.7. The summed E-state index contributed by atoms with van der Waals surface area (Å²) in [5.41, 5.74) is 2.87. The third-order valence-corrected chi connectivity index (χ3v) is 6.93. The average molecular weight is 530 g/mol. The highest BCUT2D eigenvalue weighted by atomic mass is 19.1. The molecule has 1 aliphatic carbocycles. The summed E-state index contributed by atoms with van der Waals surface area (Å²) in [4.78, 5) is 4.60. The van der Waals surface area contributed by atoms with Gasteiger partial charge in [-0.3, -0.25) is 0 Å². The van der Waals surface area contributed by atoms with Gasteiger partial charge in [0.15, 0.2) is 17.2 Å². The molecule has 2 heterocycles. The third-order valence-electron chi connectivity index (χ3n) is 6.93. The fourth-order valence-corrected chi connectivity index (χ4v) is 4.93. The minimum absolute atomic E-state index is 0.0133. The average Bonchev–Trinajstić information content (AvgIpc) is 3.50. The molecule has 1 aliphatic rings. The maximum absolute atomic E-state index is 16.4. The smallest absolute Gasteiger partial charge is 0.231 e. The maximum atomic E-state index is 16.4. The zero-order chi connectivity index (χ0) is 27.3. The van der Waals surface area contributed by atoms with Gasteiger partial charge in [-0.2, -0.15) is 0 Å². The van der Waals surface area contributed by atoms with Crippen molar-refractivity contribution >= 4 is 11.1 Å². The molecule has 1 saturated carbocycles. The van der Waals surface area contributed by atoms with Crippen LogP contribution in [0.3, 0.4) is 0 Å². The Hall–Kier alpha value is -3.95. The Morgan fingerprint density at radius 3 is 2.54 bits per heavy atom. The molecule has 0 spiro atoms. The lowest BCUT2D eigenvalue weighted by Gasteiger charge is -2.17. The first-order valence-electron chi connectivity index (χ1n) is 13.0. The Morgan fingerprint density at radius 1 is 1.10 bits per heavy atom. The lowest BCUT2D eigenvalue weighted by atomic mass is 9.90. The zero-order valence-electron chi connectivity index (χ0n) is 22.0. The van der Waals surface area contributed by atoms with Crippen LogP contribution in [0, 0.1) is 11.6 Å². The molecule has 0 unspecified atom stereocenters. The molecule has 0 bridgehead atoms. The van der Waals surface area contributed by atoms with E-state index in [0.29, 0.717) is 35.6 Å². The van der Waals surface area contributed by atoms with Gasteiger partial charge >= 0.3 is 0 Å². The van der Waals surface area contributed by atoms with Crippen molar-refractivity contribution in [2.24, 2.45) is 7.05 Å². The number of hydrogen-bond acceptors (Lipinski definition) is 6. The van der Waals surface area contributed by atoms with Crippen molar-refractivity contribution in [1.82, 2.24) is 25.1 Å². The van der Waals surface area contributed by atoms with Gasteiger partial charge in [0.2, 0.25) is 5.89 Å². The van der Waals surface area contributed by atoms with E-state index in [-0.39, 0.29) is 28.5 Å². The van der Waals surface area contributed by atoms with Crippen molar-refractivity contribution in [3.05, 3.63) is 77.6 Å². The van der Waals surface area contributed by atoms with Crippen molar-refractivity contribution in [3.8, 4) is 34.0 Å². The van der Waals surface area contributed by atoms with Gasteiger partial charge in [-0.1, -0.05) is 30.3 Å². The van der Waals surface area contributed by atoms with Crippen LogP contribution >= 0.6 is 0 Å². The Kier molecular flexibility index (Phi) is 6.28. The lowest BCUT2D eigenvalue weighted by molar-refractivity contribution is 0.0795. The van der Waals surface area contributed by atoms with Gasteiger partial charge in [0, 0.05) is 25.7 Å². The molecular weight excluding hydrogens is 500 g/mol. The molecule has 7 nitrogen and oxygen atoms in total. The van der Waals surface area contributed by atoms with E-state index in [0.717, 1.165) is 24.0 Å². The summed E-state index contributed by atoms with van der Waals surface area (Å²) in [6.45, 7) is 4.04. The van der Waals surface area contributed by atoms with E-state index in [4.69, 9.17) is 4.42 Å². The van der Waals surface area contributed by atoms with Crippen molar-refractivity contribution < 1.29 is 18.3 Å². The summed E-state index contributed by atoms with van der Waals surface area (Å²) in [7, 11) is 1.79. The number of rotatable bonds is 8. The molecule has 200 valence electrons. The summed E-state index contributed by atoms with van der Waals surface area (Å²) in [6, 6.07) is 14.7. The second-order valence-corrected chi connectivity index (χ2v) is 10.8. The minimum Gasteiger partial charge on any atom is -0.433 e. The number of aliphatic hydroxyl groups is 1. The fourth-order valence-electron chi connectivity index (χ4n) is 4.93. The summed E-state index contributed by atoms with van der Waals surface area (Å²) in [6.07, 6.45) is 3.35. The van der Waals surface area contributed by atoms with E-state index in [1.807, 2.05) is 36.4 Å². The van der Waals surface area contributed by atoms with Crippen LogP contribution < -0.4 is 5.32 Å². The van der Waals surface area contributed by atoms with E-state index in [9.17, 15) is 5.11 Å². The lowest BCUT2D eigenvalue weighted by Crippen LogP contribution is -2.34. The monoisotopic (exact) mass is 529 g/mol. The van der Waals surface area contributed by atoms with Crippen LogP contribution in [-0.4, -0.2) is 37.0 Å². The molecule has 0 saturated heterocycles. The van der Waals surface area contributed by atoms with E-state index in [1.165, 1.54) is 6.07 Å². The number of nitrogens with zero attached hydrogens (tertiary/aromatic N) is 4. The van der Waals surface area contributed by atoms with Crippen LogP contribution in [-0.2, 0) is 13.6 Å². The highest BCUT2D eigenvalue weighted by Crippen LogP contribution is 2.49. The molecule has 6 rings (SSSR count). The van der Waals surface area contributed by atoms with E-state index in [1.54, 1.807) is 37.9 Å². The molecule has 9 heteroatoms. The van der Waals surface area contributed by atoms with Crippen molar-refractivity contribution in [2.45, 2.75) is 44.8 Å². The Balaban J connectivity index is 1.55. The Bertz CT molecular complexity index is 1670. The molecule has 2 N–H and O–H groups in total. The van der Waals surface area contributed by atoms with Crippen LogP contribution in [0.2, 0.25) is 0 Å². The van der Waals surface area contributed by atoms with Gasteiger partial charge in [0.05, 0.1) is 11.2 Å². The number of fused-ring (bicyclic) bond motifs is 1. The van der Waals surface area contributed by atoms with E-state index >= 15 is 8.78 Å². The van der Waals surface area contributed by atoms with Gasteiger partial charge in [-0.05, 0) is 73.1 Å². The number of aryl methyl sites for hydroxylation is 1. The second kappa shape index (κ2) is 9.66. The molecule has 5 aromatic rings. The first kappa shape index (κ1) is 25.3. The SMILES string of the molecule is Cn1cnnc1-c1c(-c2ccccc2)cc(C2CC2)c(F)c1-c1nc2cc(CNCC(C)(C)O)cc(F)c2o1. The molecule has 0 radical (unpaired) electrons. The quantitative estimate of drug-likeness (QED) is 0.257. The molecule has 0 aliphatic heterocycles. The molecular formula is C30H29F2N5O2. The topological polar surface area (TPSA) is 89.0 Å². The van der Waals surface area contributed by atoms with Crippen LogP contribution in [0.5, 0.6) is 0 Å². The number of benzene rings is 3. The summed E-state index contributed by atoms with van der Waals surface area (Å²) in [5, 5.41) is 21.4. The number of halogens is 2. The zero-order valence-corrected chi connectivity index (χ0v) is 22.0. The molecule has 2 aromatic heterocycles. The van der Waals surface area contributed by atoms with Crippen LogP contribution in [0.15, 0.2) is 59.3 Å². The predicted molar refractivity (Wildman–Crippen MR) is 145 cm³/mol. The van der Waals surface area contributed by atoms with Crippen LogP contribution in [0.25, 0.3) is 45.1 Å². The van der Waals surface area contributed by atoms with Crippen molar-refractivity contribution in [2.75, 3.05) is 6.54 Å². The van der Waals surface area contributed by atoms with Crippen LogP contribution in [0.1, 0.15) is 43.7 Å². The van der Waals surface area contributed by atoms with Gasteiger partial charge < -0.3 is 19.4 Å². The van der Waals surface area contributed by atoms with E-state index in [2.05, 4.69) is 20.5 Å². The molecule has 0 atom stereocenters. The number of hydrogen-bond donors (Lipinski definition) is 2. The number of aromatic nitrogens is 4. The molecule has 3 aromatic carbocycles. The van der Waals surface area contributed by atoms with Gasteiger partial charge in [-0.15, -0.1) is 10.2 Å². The van der Waals surface area contributed by atoms with Gasteiger partial charge in [-0.25, -0.2) is 13.8 Å². The van der Waals surface area contributed by atoms with Crippen LogP contribution in [0.4, 0.5) is 8.78 Å². The predicted octanol–water partition coefficient (Wildman–Crippen LogP) is 5.97. The van der Waals surface area contributed by atoms with Crippen molar-refractivity contribution in [1.29, 1.82) is 0 Å². The number of nitrogens with one attached hydrogen (secondary N) is 1. The van der Waals surface area contributed by atoms with Gasteiger partial charge in [0.1, 0.15) is 17.7 Å². The maximum Gasteiger partial charge on any atom is 0.231 e. The van der Waals surface area contributed by atoms with Gasteiger partial charge in [0.25, 0.3) is 0 Å². The third kappa shape index (κ3) is 4.95. The Morgan fingerprint density at radius 2 is 1.87 bits per heavy atom. The molecule has 0 amide bonds.